The van der Waals surface area contributed by atoms with Gasteiger partial charge in [-0.2, -0.15) is 26.3 Å². The lowest BCUT2D eigenvalue weighted by Gasteiger charge is -2.45. The summed E-state index contributed by atoms with van der Waals surface area (Å²) in [6.45, 7) is 6.50. The number of rotatable bonds is 10. The van der Waals surface area contributed by atoms with E-state index in [1.165, 1.54) is 17.2 Å². The van der Waals surface area contributed by atoms with Crippen LogP contribution < -0.4 is 0 Å². The highest BCUT2D eigenvalue weighted by Gasteiger charge is 2.72. The Morgan fingerprint density at radius 2 is 1.62 bits per heavy atom. The molecule has 3 nitrogen and oxygen atoms in total. The molecule has 242 valence electrons. The molecule has 0 bridgehead atoms. The van der Waals surface area contributed by atoms with E-state index in [4.69, 9.17) is 0 Å². The average molecular weight is 609 g/mol. The maximum atomic E-state index is 13.4. The van der Waals surface area contributed by atoms with E-state index >= 15 is 0 Å². The zero-order valence-corrected chi connectivity index (χ0v) is 25.5. The molecular formula is C33H50F6O3. The van der Waals surface area contributed by atoms with Crippen LogP contribution in [0, 0.1) is 29.1 Å². The Bertz CT molecular complexity index is 975. The third-order valence-electron chi connectivity index (χ3n) is 10.4. The van der Waals surface area contributed by atoms with Gasteiger partial charge in [-0.1, -0.05) is 55.7 Å². The number of hydrogen-bond donors (Lipinski definition) is 3. The van der Waals surface area contributed by atoms with Crippen molar-refractivity contribution < 1.29 is 41.7 Å². The zero-order chi connectivity index (χ0) is 31.6. The lowest BCUT2D eigenvalue weighted by molar-refractivity contribution is -0.378. The van der Waals surface area contributed by atoms with Gasteiger partial charge in [-0.15, -0.1) is 0 Å². The van der Waals surface area contributed by atoms with Gasteiger partial charge in [0.05, 0.1) is 11.7 Å². The first-order chi connectivity index (χ1) is 19.3. The number of fused-ring (bicyclic) bond motifs is 1. The fraction of sp³-hybridized carbons (Fsp3) is 0.818. The molecule has 3 aliphatic rings. The molecule has 0 aliphatic heterocycles. The van der Waals surface area contributed by atoms with Crippen LogP contribution in [-0.4, -0.2) is 45.0 Å². The fourth-order valence-electron chi connectivity index (χ4n) is 8.06. The van der Waals surface area contributed by atoms with Crippen LogP contribution in [0.1, 0.15) is 111 Å². The first-order valence-corrected chi connectivity index (χ1v) is 15.6. The molecule has 3 unspecified atom stereocenters. The third-order valence-corrected chi connectivity index (χ3v) is 10.4. The molecule has 0 aromatic heterocycles. The summed E-state index contributed by atoms with van der Waals surface area (Å²) in [5.41, 5.74) is -3.05. The van der Waals surface area contributed by atoms with E-state index in [-0.39, 0.29) is 23.4 Å². The summed E-state index contributed by atoms with van der Waals surface area (Å²) < 4.78 is 80.3. The molecule has 0 heterocycles. The number of hydrogen-bond acceptors (Lipinski definition) is 3. The smallest absolute Gasteiger partial charge is 0.393 e. The van der Waals surface area contributed by atoms with Crippen LogP contribution in [0.25, 0.3) is 0 Å². The van der Waals surface area contributed by atoms with Crippen molar-refractivity contribution in [3.8, 4) is 0 Å². The van der Waals surface area contributed by atoms with Gasteiger partial charge >= 0.3 is 12.4 Å². The minimum atomic E-state index is -5.86. The molecule has 42 heavy (non-hydrogen) atoms. The van der Waals surface area contributed by atoms with Gasteiger partial charge in [0.2, 0.25) is 0 Å². The lowest BCUT2D eigenvalue weighted by Crippen LogP contribution is -2.60. The number of halogens is 6. The Hall–Kier alpha value is -1.32. The Labute approximate surface area is 247 Å². The van der Waals surface area contributed by atoms with Gasteiger partial charge in [-0.3, -0.25) is 0 Å². The van der Waals surface area contributed by atoms with Crippen LogP contribution in [0.4, 0.5) is 26.3 Å². The van der Waals surface area contributed by atoms with Crippen molar-refractivity contribution in [2.75, 3.05) is 0 Å². The highest BCUT2D eigenvalue weighted by Crippen LogP contribution is 2.60. The Morgan fingerprint density at radius 3 is 2.21 bits per heavy atom. The van der Waals surface area contributed by atoms with Crippen molar-refractivity contribution in [1.82, 2.24) is 0 Å². The van der Waals surface area contributed by atoms with E-state index in [1.807, 2.05) is 0 Å². The second-order valence-corrected chi connectivity index (χ2v) is 14.1. The molecular weight excluding hydrogens is 558 g/mol. The van der Waals surface area contributed by atoms with E-state index < -0.39 is 29.5 Å². The maximum absolute atomic E-state index is 13.4. The summed E-state index contributed by atoms with van der Waals surface area (Å²) in [5.74, 6) is -1.57. The minimum Gasteiger partial charge on any atom is -0.393 e. The molecule has 6 atom stereocenters. The fourth-order valence-corrected chi connectivity index (χ4v) is 8.06. The van der Waals surface area contributed by atoms with E-state index in [1.54, 1.807) is 13.8 Å². The SMILES string of the molecule is CC(/C=C/C[C@@H](CCCC(C)(C)O)C1CCC2/C(=C/C=C3/CCC[C@H](O)C3)CCC[C@@]21C)C(O)(C(F)(F)F)C(F)(F)F. The Balaban J connectivity index is 1.82. The first kappa shape index (κ1) is 35.2. The summed E-state index contributed by atoms with van der Waals surface area (Å²) >= 11 is 0. The van der Waals surface area contributed by atoms with Gasteiger partial charge in [0.25, 0.3) is 5.60 Å². The topological polar surface area (TPSA) is 60.7 Å². The molecule has 0 amide bonds. The highest BCUT2D eigenvalue weighted by molar-refractivity contribution is 5.26. The van der Waals surface area contributed by atoms with E-state index in [0.29, 0.717) is 38.0 Å². The number of alkyl halides is 6. The minimum absolute atomic E-state index is 0.0295. The van der Waals surface area contributed by atoms with Crippen molar-refractivity contribution in [2.45, 2.75) is 141 Å². The lowest BCUT2D eigenvalue weighted by atomic mass is 9.60. The van der Waals surface area contributed by atoms with Crippen LogP contribution in [0.15, 0.2) is 35.5 Å². The normalized spacial score (nSPS) is 31.6. The molecule has 3 aliphatic carbocycles. The average Bonchev–Trinajstić information content (AvgIpc) is 3.21. The van der Waals surface area contributed by atoms with Crippen LogP contribution in [0.3, 0.4) is 0 Å². The molecule has 0 radical (unpaired) electrons. The molecule has 3 N–H and O–H groups in total. The van der Waals surface area contributed by atoms with Crippen LogP contribution in [-0.2, 0) is 0 Å². The summed E-state index contributed by atoms with van der Waals surface area (Å²) in [5, 5.41) is 30.1. The standard InChI is InChI=1S/C33H50F6O3/c1-22(31(42,32(34,35)36)33(37,38)39)9-5-11-24(12-7-19-29(2,3)41)27-17-18-28-25(13-8-20-30(27,28)4)16-15-23-10-6-14-26(40)21-23/h5,9,15-16,22,24,26-28,40-42H,6-8,10-14,17-21H2,1-4H3/b9-5+,23-15-,25-16+/t22?,24-,26-,27?,28?,30+/m0/s1. The highest BCUT2D eigenvalue weighted by atomic mass is 19.4. The van der Waals surface area contributed by atoms with Gasteiger partial charge in [0.1, 0.15) is 0 Å². The predicted octanol–water partition coefficient (Wildman–Crippen LogP) is 8.99. The van der Waals surface area contributed by atoms with E-state index in [2.05, 4.69) is 19.1 Å². The van der Waals surface area contributed by atoms with Crippen molar-refractivity contribution in [3.05, 3.63) is 35.5 Å². The first-order valence-electron chi connectivity index (χ1n) is 15.6. The quantitative estimate of drug-likeness (QED) is 0.171. The summed E-state index contributed by atoms with van der Waals surface area (Å²) in [6, 6.07) is 0. The molecule has 0 spiro atoms. The van der Waals surface area contributed by atoms with Crippen molar-refractivity contribution in [2.24, 2.45) is 29.1 Å². The third kappa shape index (κ3) is 8.03. The molecule has 3 rings (SSSR count). The second kappa shape index (κ2) is 13.4. The molecule has 0 aromatic carbocycles. The zero-order valence-electron chi connectivity index (χ0n) is 25.5. The van der Waals surface area contributed by atoms with E-state index in [9.17, 15) is 41.7 Å². The summed E-state index contributed by atoms with van der Waals surface area (Å²) in [4.78, 5) is 0. The molecule has 9 heteroatoms. The number of aliphatic hydroxyl groups excluding tert-OH is 1. The Morgan fingerprint density at radius 1 is 0.952 bits per heavy atom. The van der Waals surface area contributed by atoms with Crippen LogP contribution in [0.5, 0.6) is 0 Å². The van der Waals surface area contributed by atoms with E-state index in [0.717, 1.165) is 64.4 Å². The van der Waals surface area contributed by atoms with Gasteiger partial charge in [0.15, 0.2) is 0 Å². The predicted molar refractivity (Wildman–Crippen MR) is 152 cm³/mol. The molecule has 3 fully saturated rings. The van der Waals surface area contributed by atoms with Crippen molar-refractivity contribution >= 4 is 0 Å². The monoisotopic (exact) mass is 608 g/mol. The molecule has 0 saturated heterocycles. The van der Waals surface area contributed by atoms with Gasteiger partial charge in [-0.05, 0) is 114 Å². The second-order valence-electron chi connectivity index (χ2n) is 14.1. The van der Waals surface area contributed by atoms with Gasteiger partial charge in [0, 0.05) is 5.92 Å². The van der Waals surface area contributed by atoms with Crippen molar-refractivity contribution in [1.29, 1.82) is 0 Å². The van der Waals surface area contributed by atoms with Gasteiger partial charge < -0.3 is 15.3 Å². The van der Waals surface area contributed by atoms with Crippen LogP contribution >= 0.6 is 0 Å². The molecule has 3 saturated carbocycles. The van der Waals surface area contributed by atoms with Crippen LogP contribution in [0.2, 0.25) is 0 Å². The largest absolute Gasteiger partial charge is 0.426 e. The number of allylic oxidation sites excluding steroid dienone is 4. The maximum Gasteiger partial charge on any atom is 0.426 e. The van der Waals surface area contributed by atoms with Gasteiger partial charge in [-0.25, -0.2) is 0 Å². The van der Waals surface area contributed by atoms with Crippen molar-refractivity contribution in [3.63, 3.8) is 0 Å². The summed E-state index contributed by atoms with van der Waals surface area (Å²) in [7, 11) is 0. The Kier molecular flexibility index (Phi) is 11.2. The number of aliphatic hydroxyl groups is 3. The molecule has 0 aromatic rings. The summed E-state index contributed by atoms with van der Waals surface area (Å²) in [6.07, 6.45) is 5.46.